The molecule has 1 amide bonds. The summed E-state index contributed by atoms with van der Waals surface area (Å²) in [6.45, 7) is 0. The van der Waals surface area contributed by atoms with Crippen molar-refractivity contribution in [2.24, 2.45) is 0 Å². The number of pyridine rings is 1. The maximum Gasteiger partial charge on any atom is 0.234 e. The summed E-state index contributed by atoms with van der Waals surface area (Å²) < 4.78 is 33.5. The number of hydrogen-bond donors (Lipinski definition) is 1. The maximum absolute atomic E-state index is 13.4. The van der Waals surface area contributed by atoms with Crippen molar-refractivity contribution in [1.82, 2.24) is 19.7 Å². The highest BCUT2D eigenvalue weighted by Crippen LogP contribution is 2.28. The van der Waals surface area contributed by atoms with E-state index in [0.29, 0.717) is 16.7 Å². The molecule has 0 unspecified atom stereocenters. The van der Waals surface area contributed by atoms with Crippen molar-refractivity contribution < 1.29 is 18.3 Å². The summed E-state index contributed by atoms with van der Waals surface area (Å²) in [6.07, 6.45) is 3.31. The van der Waals surface area contributed by atoms with E-state index in [1.807, 2.05) is 41.0 Å². The largest absolute Gasteiger partial charge is 0.497 e. The zero-order valence-corrected chi connectivity index (χ0v) is 17.6. The molecular weight excluding hydrogens is 436 g/mol. The number of halogens is 2. The first-order chi connectivity index (χ1) is 15.5. The molecule has 0 saturated heterocycles. The fourth-order valence-corrected chi connectivity index (χ4v) is 3.67. The van der Waals surface area contributed by atoms with E-state index in [9.17, 15) is 13.6 Å². The molecule has 0 radical (unpaired) electrons. The van der Waals surface area contributed by atoms with Crippen molar-refractivity contribution in [2.75, 3.05) is 18.2 Å². The van der Waals surface area contributed by atoms with E-state index < -0.39 is 17.5 Å². The van der Waals surface area contributed by atoms with Gasteiger partial charge in [-0.05, 0) is 48.5 Å². The van der Waals surface area contributed by atoms with E-state index >= 15 is 0 Å². The predicted octanol–water partition coefficient (Wildman–Crippen LogP) is 4.35. The van der Waals surface area contributed by atoms with Crippen LogP contribution >= 0.6 is 11.8 Å². The lowest BCUT2D eigenvalue weighted by Crippen LogP contribution is -2.15. The van der Waals surface area contributed by atoms with Crippen LogP contribution in [-0.4, -0.2) is 38.5 Å². The van der Waals surface area contributed by atoms with Gasteiger partial charge in [0.05, 0.1) is 12.9 Å². The fraction of sp³-hybridized carbons (Fsp3) is 0.0909. The fourth-order valence-electron chi connectivity index (χ4n) is 2.92. The van der Waals surface area contributed by atoms with Crippen molar-refractivity contribution in [3.63, 3.8) is 0 Å². The first kappa shape index (κ1) is 21.4. The summed E-state index contributed by atoms with van der Waals surface area (Å²) in [6, 6.07) is 14.2. The van der Waals surface area contributed by atoms with Gasteiger partial charge in [0.2, 0.25) is 5.91 Å². The van der Waals surface area contributed by atoms with Gasteiger partial charge in [-0.25, -0.2) is 8.78 Å². The Morgan fingerprint density at radius 1 is 1.03 bits per heavy atom. The molecule has 0 aliphatic carbocycles. The minimum atomic E-state index is -1.03. The van der Waals surface area contributed by atoms with Gasteiger partial charge in [0.25, 0.3) is 0 Å². The molecule has 4 aromatic rings. The Morgan fingerprint density at radius 3 is 2.47 bits per heavy atom. The number of carbonyl (C=O) groups is 1. The number of hydrogen-bond acceptors (Lipinski definition) is 6. The molecule has 32 heavy (non-hydrogen) atoms. The number of benzene rings is 2. The second-order valence-corrected chi connectivity index (χ2v) is 7.48. The second kappa shape index (κ2) is 9.56. The Balaban J connectivity index is 1.58. The van der Waals surface area contributed by atoms with E-state index in [4.69, 9.17) is 4.74 Å². The molecule has 0 saturated carbocycles. The van der Waals surface area contributed by atoms with Gasteiger partial charge >= 0.3 is 0 Å². The van der Waals surface area contributed by atoms with Gasteiger partial charge < -0.3 is 10.1 Å². The van der Waals surface area contributed by atoms with Crippen LogP contribution in [0.1, 0.15) is 0 Å². The third kappa shape index (κ3) is 4.75. The highest BCUT2D eigenvalue weighted by molar-refractivity contribution is 7.99. The molecule has 1 N–H and O–H groups in total. The Morgan fingerprint density at radius 2 is 1.78 bits per heavy atom. The quantitative estimate of drug-likeness (QED) is 0.419. The standard InChI is InChI=1S/C22H17F2N5O2S/c1-31-17-5-3-16(4-6-17)29-21(14-8-10-25-11-9-14)27-28-22(29)32-13-20(30)26-15-2-7-18(23)19(24)12-15/h2-12H,13H2,1H3,(H,26,30). The highest BCUT2D eigenvalue weighted by atomic mass is 32.2. The normalized spacial score (nSPS) is 10.7. The summed E-state index contributed by atoms with van der Waals surface area (Å²) in [4.78, 5) is 16.4. The molecule has 4 rings (SSSR count). The summed E-state index contributed by atoms with van der Waals surface area (Å²) in [7, 11) is 1.59. The van der Waals surface area contributed by atoms with Crippen molar-refractivity contribution >= 4 is 23.4 Å². The second-order valence-electron chi connectivity index (χ2n) is 6.54. The Bertz CT molecular complexity index is 1230. The van der Waals surface area contributed by atoms with Gasteiger partial charge in [0.15, 0.2) is 22.6 Å². The summed E-state index contributed by atoms with van der Waals surface area (Å²) in [5.74, 6) is -1.13. The van der Waals surface area contributed by atoms with Gasteiger partial charge in [-0.2, -0.15) is 0 Å². The van der Waals surface area contributed by atoms with Crippen LogP contribution in [0.2, 0.25) is 0 Å². The number of anilines is 1. The average molecular weight is 453 g/mol. The number of aromatic nitrogens is 4. The summed E-state index contributed by atoms with van der Waals surface area (Å²) in [5, 5.41) is 11.6. The zero-order valence-electron chi connectivity index (χ0n) is 16.8. The van der Waals surface area contributed by atoms with Crippen molar-refractivity contribution in [3.8, 4) is 22.8 Å². The van der Waals surface area contributed by atoms with E-state index in [1.165, 1.54) is 6.07 Å². The molecule has 0 bridgehead atoms. The molecule has 2 heterocycles. The Hall–Kier alpha value is -3.79. The molecule has 7 nitrogen and oxygen atoms in total. The number of amides is 1. The average Bonchev–Trinajstić information content (AvgIpc) is 3.25. The monoisotopic (exact) mass is 453 g/mol. The lowest BCUT2D eigenvalue weighted by atomic mass is 10.2. The van der Waals surface area contributed by atoms with Crippen LogP contribution < -0.4 is 10.1 Å². The Labute approximate surface area is 186 Å². The van der Waals surface area contributed by atoms with Crippen molar-refractivity contribution in [2.45, 2.75) is 5.16 Å². The molecule has 2 aromatic carbocycles. The van der Waals surface area contributed by atoms with E-state index in [2.05, 4.69) is 20.5 Å². The number of ether oxygens (including phenoxy) is 1. The number of nitrogens with zero attached hydrogens (tertiary/aromatic N) is 4. The van der Waals surface area contributed by atoms with Crippen LogP contribution in [0.3, 0.4) is 0 Å². The third-order valence-electron chi connectivity index (χ3n) is 4.44. The minimum Gasteiger partial charge on any atom is -0.497 e. The van der Waals surface area contributed by atoms with Gasteiger partial charge in [0.1, 0.15) is 5.75 Å². The van der Waals surface area contributed by atoms with Gasteiger partial charge in [0, 0.05) is 35.4 Å². The van der Waals surface area contributed by atoms with Gasteiger partial charge in [-0.1, -0.05) is 11.8 Å². The lowest BCUT2D eigenvalue weighted by Gasteiger charge is -2.11. The maximum atomic E-state index is 13.4. The third-order valence-corrected chi connectivity index (χ3v) is 5.37. The van der Waals surface area contributed by atoms with E-state index in [-0.39, 0.29) is 11.4 Å². The Kier molecular flexibility index (Phi) is 6.41. The molecule has 0 aliphatic rings. The molecule has 162 valence electrons. The van der Waals surface area contributed by atoms with E-state index in [1.54, 1.807) is 19.5 Å². The van der Waals surface area contributed by atoms with Crippen molar-refractivity contribution in [3.05, 3.63) is 78.6 Å². The topological polar surface area (TPSA) is 81.9 Å². The number of rotatable bonds is 7. The zero-order chi connectivity index (χ0) is 22.5. The molecule has 10 heteroatoms. The van der Waals surface area contributed by atoms with Crippen LogP contribution in [0.25, 0.3) is 17.1 Å². The SMILES string of the molecule is COc1ccc(-n2c(SCC(=O)Nc3ccc(F)c(F)c3)nnc2-c2ccncc2)cc1. The van der Waals surface area contributed by atoms with E-state index in [0.717, 1.165) is 35.1 Å². The van der Waals surface area contributed by atoms with Crippen LogP contribution in [0, 0.1) is 11.6 Å². The number of methoxy groups -OCH3 is 1. The molecular formula is C22H17F2N5O2S. The van der Waals surface area contributed by atoms with Crippen LogP contribution in [0.15, 0.2) is 72.1 Å². The highest BCUT2D eigenvalue weighted by Gasteiger charge is 2.18. The molecule has 2 aromatic heterocycles. The summed E-state index contributed by atoms with van der Waals surface area (Å²) in [5.41, 5.74) is 1.76. The first-order valence-corrected chi connectivity index (χ1v) is 10.4. The molecule has 0 spiro atoms. The smallest absolute Gasteiger partial charge is 0.234 e. The van der Waals surface area contributed by atoms with Crippen LogP contribution in [-0.2, 0) is 4.79 Å². The van der Waals surface area contributed by atoms with Crippen LogP contribution in [0.5, 0.6) is 5.75 Å². The van der Waals surface area contributed by atoms with Crippen LogP contribution in [0.4, 0.5) is 14.5 Å². The van der Waals surface area contributed by atoms with Gasteiger partial charge in [-0.3, -0.25) is 14.3 Å². The number of nitrogens with one attached hydrogen (secondary N) is 1. The molecule has 0 atom stereocenters. The van der Waals surface area contributed by atoms with Crippen molar-refractivity contribution in [1.29, 1.82) is 0 Å². The molecule has 0 fully saturated rings. The molecule has 0 aliphatic heterocycles. The summed E-state index contributed by atoms with van der Waals surface area (Å²) >= 11 is 1.16. The minimum absolute atomic E-state index is 0.0103. The van der Waals surface area contributed by atoms with Gasteiger partial charge in [-0.15, -0.1) is 10.2 Å². The lowest BCUT2D eigenvalue weighted by molar-refractivity contribution is -0.113. The first-order valence-electron chi connectivity index (χ1n) is 9.43. The number of carbonyl (C=O) groups excluding carboxylic acids is 1. The number of thioether (sulfide) groups is 1. The predicted molar refractivity (Wildman–Crippen MR) is 117 cm³/mol.